The van der Waals surface area contributed by atoms with Crippen LogP contribution in [0.5, 0.6) is 0 Å². The number of furan rings is 1. The van der Waals surface area contributed by atoms with Gasteiger partial charge in [0.05, 0.1) is 38.3 Å². The molecule has 6 nitrogen and oxygen atoms in total. The maximum Gasteiger partial charge on any atom is 0.117 e. The summed E-state index contributed by atoms with van der Waals surface area (Å²) in [6, 6.07) is 4.30. The molecular weight excluding hydrogens is 294 g/mol. The highest BCUT2D eigenvalue weighted by atomic mass is 16.5. The van der Waals surface area contributed by atoms with E-state index in [0.717, 1.165) is 31.7 Å². The van der Waals surface area contributed by atoms with Crippen LogP contribution in [-0.4, -0.2) is 53.7 Å². The second kappa shape index (κ2) is 7.77. The van der Waals surface area contributed by atoms with Crippen molar-refractivity contribution in [2.45, 2.75) is 31.5 Å². The first kappa shape index (κ1) is 16.2. The molecule has 1 aliphatic rings. The number of nitrogens with zero attached hydrogens (tertiary/aromatic N) is 3. The van der Waals surface area contributed by atoms with Crippen LogP contribution in [0.2, 0.25) is 0 Å². The van der Waals surface area contributed by atoms with Gasteiger partial charge in [-0.1, -0.05) is 0 Å². The van der Waals surface area contributed by atoms with E-state index in [9.17, 15) is 0 Å². The van der Waals surface area contributed by atoms with E-state index in [-0.39, 0.29) is 6.10 Å². The van der Waals surface area contributed by atoms with Crippen LogP contribution in [0, 0.1) is 0 Å². The van der Waals surface area contributed by atoms with Gasteiger partial charge in [0, 0.05) is 32.9 Å². The Hall–Kier alpha value is -1.63. The topological polar surface area (TPSA) is 52.7 Å². The lowest BCUT2D eigenvalue weighted by atomic mass is 10.0. The number of hydrogen-bond acceptors (Lipinski definition) is 5. The average molecular weight is 319 g/mol. The van der Waals surface area contributed by atoms with Crippen LogP contribution in [0.1, 0.15) is 17.7 Å². The fourth-order valence-electron chi connectivity index (χ4n) is 3.24. The lowest BCUT2D eigenvalue weighted by molar-refractivity contribution is -0.00191. The van der Waals surface area contributed by atoms with Crippen LogP contribution >= 0.6 is 0 Å². The molecule has 1 aliphatic heterocycles. The SMILES string of the molecule is COCCO[C@@H]1CCN(Cc2ccco2)[C@@H]1Cc1cnn(C)c1. The minimum atomic E-state index is 0.223. The third-order valence-corrected chi connectivity index (χ3v) is 4.36. The van der Waals surface area contributed by atoms with E-state index in [1.807, 2.05) is 30.1 Å². The lowest BCUT2D eigenvalue weighted by Gasteiger charge is -2.27. The van der Waals surface area contributed by atoms with Crippen LogP contribution in [0.4, 0.5) is 0 Å². The molecule has 0 radical (unpaired) electrons. The second-order valence-electron chi connectivity index (χ2n) is 6.03. The molecule has 0 amide bonds. The van der Waals surface area contributed by atoms with Crippen LogP contribution < -0.4 is 0 Å². The minimum absolute atomic E-state index is 0.223. The van der Waals surface area contributed by atoms with Crippen molar-refractivity contribution in [3.63, 3.8) is 0 Å². The summed E-state index contributed by atoms with van der Waals surface area (Å²) >= 11 is 0. The number of ether oxygens (including phenoxy) is 2. The molecule has 2 aromatic rings. The third-order valence-electron chi connectivity index (χ3n) is 4.36. The minimum Gasteiger partial charge on any atom is -0.468 e. The molecule has 3 rings (SSSR count). The van der Waals surface area contributed by atoms with Crippen LogP contribution in [0.3, 0.4) is 0 Å². The summed E-state index contributed by atoms with van der Waals surface area (Å²) in [5.41, 5.74) is 1.24. The van der Waals surface area contributed by atoms with Crippen molar-refractivity contribution in [3.05, 3.63) is 42.1 Å². The van der Waals surface area contributed by atoms with E-state index in [0.29, 0.717) is 19.3 Å². The largest absolute Gasteiger partial charge is 0.468 e. The molecule has 0 aromatic carbocycles. The normalized spacial score (nSPS) is 22.0. The van der Waals surface area contributed by atoms with Crippen molar-refractivity contribution in [1.29, 1.82) is 0 Å². The van der Waals surface area contributed by atoms with Crippen molar-refractivity contribution in [3.8, 4) is 0 Å². The smallest absolute Gasteiger partial charge is 0.117 e. The van der Waals surface area contributed by atoms with Crippen molar-refractivity contribution < 1.29 is 13.9 Å². The highest BCUT2D eigenvalue weighted by Gasteiger charge is 2.35. The first-order valence-electron chi connectivity index (χ1n) is 8.11. The Bertz CT molecular complexity index is 582. The summed E-state index contributed by atoms with van der Waals surface area (Å²) in [6.45, 7) is 3.11. The van der Waals surface area contributed by atoms with Gasteiger partial charge in [0.25, 0.3) is 0 Å². The molecule has 126 valence electrons. The van der Waals surface area contributed by atoms with Gasteiger partial charge in [-0.2, -0.15) is 5.10 Å². The monoisotopic (exact) mass is 319 g/mol. The highest BCUT2D eigenvalue weighted by molar-refractivity contribution is 5.09. The first-order valence-corrected chi connectivity index (χ1v) is 8.11. The Morgan fingerprint density at radius 2 is 2.30 bits per heavy atom. The zero-order chi connectivity index (χ0) is 16.1. The van der Waals surface area contributed by atoms with Crippen molar-refractivity contribution in [2.75, 3.05) is 26.9 Å². The van der Waals surface area contributed by atoms with E-state index in [2.05, 4.69) is 16.2 Å². The Kier molecular flexibility index (Phi) is 5.48. The van der Waals surface area contributed by atoms with Gasteiger partial charge in [-0.05, 0) is 30.5 Å². The number of aromatic nitrogens is 2. The Balaban J connectivity index is 1.67. The molecule has 6 heteroatoms. The summed E-state index contributed by atoms with van der Waals surface area (Å²) < 4.78 is 18.5. The van der Waals surface area contributed by atoms with Gasteiger partial charge >= 0.3 is 0 Å². The number of rotatable bonds is 8. The number of likely N-dealkylation sites (tertiary alicyclic amines) is 1. The Labute approximate surface area is 137 Å². The highest BCUT2D eigenvalue weighted by Crippen LogP contribution is 2.26. The van der Waals surface area contributed by atoms with Gasteiger partial charge in [-0.25, -0.2) is 0 Å². The van der Waals surface area contributed by atoms with E-state index in [1.165, 1.54) is 5.56 Å². The van der Waals surface area contributed by atoms with Crippen LogP contribution in [0.25, 0.3) is 0 Å². The zero-order valence-electron chi connectivity index (χ0n) is 13.9. The van der Waals surface area contributed by atoms with Crippen molar-refractivity contribution in [2.24, 2.45) is 7.05 Å². The molecule has 1 saturated heterocycles. The molecule has 0 aliphatic carbocycles. The predicted octanol–water partition coefficient (Wildman–Crippen LogP) is 1.86. The van der Waals surface area contributed by atoms with Gasteiger partial charge in [-0.15, -0.1) is 0 Å². The predicted molar refractivity (Wildman–Crippen MR) is 86.1 cm³/mol. The van der Waals surface area contributed by atoms with Gasteiger partial charge in [0.1, 0.15) is 5.76 Å². The Morgan fingerprint density at radius 1 is 1.39 bits per heavy atom. The van der Waals surface area contributed by atoms with Gasteiger partial charge in [0.2, 0.25) is 0 Å². The van der Waals surface area contributed by atoms with Crippen molar-refractivity contribution >= 4 is 0 Å². The summed E-state index contributed by atoms with van der Waals surface area (Å²) in [5, 5.41) is 4.28. The molecule has 3 heterocycles. The number of aryl methyl sites for hydroxylation is 1. The first-order chi connectivity index (χ1) is 11.3. The standard InChI is InChI=1S/C17H25N3O3/c1-19-12-14(11-18-19)10-16-17(23-9-8-21-2)5-6-20(16)13-15-4-3-7-22-15/h3-4,7,11-12,16-17H,5-6,8-10,13H2,1-2H3/t16-,17-/m1/s1. The molecular formula is C17H25N3O3. The maximum atomic E-state index is 6.06. The third kappa shape index (κ3) is 4.22. The molecule has 23 heavy (non-hydrogen) atoms. The van der Waals surface area contributed by atoms with E-state index >= 15 is 0 Å². The molecule has 2 atom stereocenters. The molecule has 0 N–H and O–H groups in total. The molecule has 0 spiro atoms. The van der Waals surface area contributed by atoms with Crippen molar-refractivity contribution in [1.82, 2.24) is 14.7 Å². The average Bonchev–Trinajstić information content (AvgIpc) is 3.26. The molecule has 0 bridgehead atoms. The van der Waals surface area contributed by atoms with Gasteiger partial charge < -0.3 is 13.9 Å². The fourth-order valence-corrected chi connectivity index (χ4v) is 3.24. The van der Waals surface area contributed by atoms with E-state index < -0.39 is 0 Å². The van der Waals surface area contributed by atoms with Crippen LogP contribution in [0.15, 0.2) is 35.2 Å². The summed E-state index contributed by atoms with van der Waals surface area (Å²) in [4.78, 5) is 2.45. The zero-order valence-corrected chi connectivity index (χ0v) is 13.9. The van der Waals surface area contributed by atoms with E-state index in [4.69, 9.17) is 13.9 Å². The fraction of sp³-hybridized carbons (Fsp3) is 0.588. The molecule has 0 unspecified atom stereocenters. The van der Waals surface area contributed by atoms with E-state index in [1.54, 1.807) is 13.4 Å². The summed E-state index contributed by atoms with van der Waals surface area (Å²) in [6.07, 6.45) is 7.95. The molecule has 1 fully saturated rings. The molecule has 2 aromatic heterocycles. The van der Waals surface area contributed by atoms with Gasteiger partial charge in [-0.3, -0.25) is 9.58 Å². The second-order valence-corrected chi connectivity index (χ2v) is 6.03. The summed E-state index contributed by atoms with van der Waals surface area (Å²) in [7, 11) is 3.65. The number of hydrogen-bond donors (Lipinski definition) is 0. The summed E-state index contributed by atoms with van der Waals surface area (Å²) in [5.74, 6) is 0.999. The lowest BCUT2D eigenvalue weighted by Crippen LogP contribution is -2.38. The van der Waals surface area contributed by atoms with Gasteiger partial charge in [0.15, 0.2) is 0 Å². The quantitative estimate of drug-likeness (QED) is 0.695. The Morgan fingerprint density at radius 3 is 3.00 bits per heavy atom. The van der Waals surface area contributed by atoms with Crippen LogP contribution in [-0.2, 0) is 29.5 Å². The number of methoxy groups -OCH3 is 1. The molecule has 0 saturated carbocycles. The maximum absolute atomic E-state index is 6.06.